The van der Waals surface area contributed by atoms with Crippen molar-refractivity contribution in [1.29, 1.82) is 0 Å². The van der Waals surface area contributed by atoms with Gasteiger partial charge in [0.05, 0.1) is 18.8 Å². The summed E-state index contributed by atoms with van der Waals surface area (Å²) in [5, 5.41) is 23.1. The molecular formula is C58H111NO3. The Kier molecular flexibility index (Phi) is 52.7. The average molecular weight is 871 g/mol. The number of unbranched alkanes of at least 4 members (excludes halogenated alkanes) is 41. The minimum absolute atomic E-state index is 0.0589. The predicted octanol–water partition coefficient (Wildman–Crippen LogP) is 18.5. The van der Waals surface area contributed by atoms with Crippen LogP contribution in [0.5, 0.6) is 0 Å². The fourth-order valence-electron chi connectivity index (χ4n) is 8.80. The van der Waals surface area contributed by atoms with Crippen molar-refractivity contribution >= 4 is 5.91 Å². The molecule has 3 N–H and O–H groups in total. The number of aliphatic hydroxyl groups excluding tert-OH is 2. The fourth-order valence-corrected chi connectivity index (χ4v) is 8.80. The number of carbonyl (C=O) groups excluding carboxylic acids is 1. The molecule has 62 heavy (non-hydrogen) atoms. The molecular weight excluding hydrogens is 759 g/mol. The summed E-state index contributed by atoms with van der Waals surface area (Å²) >= 11 is 0. The van der Waals surface area contributed by atoms with Crippen molar-refractivity contribution in [2.45, 2.75) is 321 Å². The van der Waals surface area contributed by atoms with Crippen LogP contribution in [0.1, 0.15) is 309 Å². The molecule has 0 aromatic carbocycles. The molecule has 0 aromatic rings. The lowest BCUT2D eigenvalue weighted by atomic mass is 10.0. The number of rotatable bonds is 52. The topological polar surface area (TPSA) is 69.6 Å². The van der Waals surface area contributed by atoms with Crippen LogP contribution in [-0.4, -0.2) is 34.9 Å². The van der Waals surface area contributed by atoms with Gasteiger partial charge < -0.3 is 15.5 Å². The van der Waals surface area contributed by atoms with Gasteiger partial charge in [0.15, 0.2) is 0 Å². The predicted molar refractivity (Wildman–Crippen MR) is 276 cm³/mol. The van der Waals surface area contributed by atoms with E-state index in [1.54, 1.807) is 6.08 Å². The van der Waals surface area contributed by atoms with E-state index in [1.807, 2.05) is 6.08 Å². The minimum atomic E-state index is -0.836. The van der Waals surface area contributed by atoms with Gasteiger partial charge in [-0.05, 0) is 51.4 Å². The van der Waals surface area contributed by atoms with E-state index in [0.29, 0.717) is 6.42 Å². The summed E-state index contributed by atoms with van der Waals surface area (Å²) in [7, 11) is 0. The molecule has 4 nitrogen and oxygen atoms in total. The van der Waals surface area contributed by atoms with E-state index in [0.717, 1.165) is 32.1 Å². The molecule has 0 fully saturated rings. The molecule has 0 bridgehead atoms. The Morgan fingerprint density at radius 1 is 0.387 bits per heavy atom. The van der Waals surface area contributed by atoms with E-state index in [1.165, 1.54) is 257 Å². The molecule has 0 radical (unpaired) electrons. The number of hydrogen-bond acceptors (Lipinski definition) is 3. The van der Waals surface area contributed by atoms with Gasteiger partial charge in [-0.1, -0.05) is 288 Å². The molecule has 0 rings (SSSR count). The van der Waals surface area contributed by atoms with E-state index in [4.69, 9.17) is 0 Å². The number of amides is 1. The highest BCUT2D eigenvalue weighted by Gasteiger charge is 2.18. The van der Waals surface area contributed by atoms with Crippen molar-refractivity contribution in [3.8, 4) is 0 Å². The molecule has 2 atom stereocenters. The summed E-state index contributed by atoms with van der Waals surface area (Å²) in [6.07, 6.45) is 73.1. The summed E-state index contributed by atoms with van der Waals surface area (Å²) in [5.74, 6) is -0.0589. The number of carbonyl (C=O) groups is 1. The first kappa shape index (κ1) is 60.6. The van der Waals surface area contributed by atoms with Crippen LogP contribution >= 0.6 is 0 Å². The zero-order valence-corrected chi connectivity index (χ0v) is 42.2. The van der Waals surface area contributed by atoms with E-state index < -0.39 is 12.1 Å². The maximum atomic E-state index is 12.4. The Hall–Kier alpha value is -1.39. The molecule has 0 aromatic heterocycles. The van der Waals surface area contributed by atoms with E-state index >= 15 is 0 Å². The third-order valence-electron chi connectivity index (χ3n) is 13.1. The van der Waals surface area contributed by atoms with Gasteiger partial charge in [0, 0.05) is 6.42 Å². The molecule has 4 heteroatoms. The summed E-state index contributed by atoms with van der Waals surface area (Å²) < 4.78 is 0. The van der Waals surface area contributed by atoms with Crippen molar-refractivity contribution in [3.63, 3.8) is 0 Å². The monoisotopic (exact) mass is 870 g/mol. The zero-order chi connectivity index (χ0) is 44.9. The normalized spacial score (nSPS) is 13.0. The molecule has 0 spiro atoms. The quantitative estimate of drug-likeness (QED) is 0.0421. The van der Waals surface area contributed by atoms with Crippen LogP contribution in [0.15, 0.2) is 36.5 Å². The number of allylic oxidation sites excluding steroid dienone is 5. The van der Waals surface area contributed by atoms with Crippen molar-refractivity contribution in [2.24, 2.45) is 0 Å². The second-order valence-corrected chi connectivity index (χ2v) is 19.4. The first-order chi connectivity index (χ1) is 30.7. The van der Waals surface area contributed by atoms with E-state index in [9.17, 15) is 15.0 Å². The SMILES string of the molecule is CCCCCCC/C=C\C/C=C\CCCCCCCCCCCCCCCCCCCCCCCCCC(=O)NC(CO)C(O)/C=C/CCCCCCCCCCCCCCC. The van der Waals surface area contributed by atoms with Gasteiger partial charge in [-0.15, -0.1) is 0 Å². The molecule has 366 valence electrons. The van der Waals surface area contributed by atoms with Gasteiger partial charge in [0.25, 0.3) is 0 Å². The van der Waals surface area contributed by atoms with Gasteiger partial charge in [-0.3, -0.25) is 4.79 Å². The lowest BCUT2D eigenvalue weighted by Gasteiger charge is -2.20. The smallest absolute Gasteiger partial charge is 0.220 e. The highest BCUT2D eigenvalue weighted by atomic mass is 16.3. The molecule has 2 unspecified atom stereocenters. The Labute approximate surface area is 389 Å². The third-order valence-corrected chi connectivity index (χ3v) is 13.1. The standard InChI is InChI=1S/C58H111NO3/c1-3-5-7-9-11-13-15-17-19-20-21-22-23-24-25-26-27-28-29-30-31-32-33-34-35-36-37-38-40-42-44-46-48-50-52-54-58(62)59-56(55-60)57(61)53-51-49-47-45-43-41-39-18-16-14-12-10-8-6-4-2/h15,17,20-21,51,53,56-57,60-61H,3-14,16,18-19,22-50,52,54-55H2,1-2H3,(H,59,62)/b17-15-,21-20-,53-51+. The number of hydrogen-bond donors (Lipinski definition) is 3. The van der Waals surface area contributed by atoms with Crippen LogP contribution in [0.25, 0.3) is 0 Å². The molecule has 0 aliphatic rings. The molecule has 0 heterocycles. The molecule has 1 amide bonds. The summed E-state index contributed by atoms with van der Waals surface area (Å²) in [4.78, 5) is 12.4. The summed E-state index contributed by atoms with van der Waals surface area (Å²) in [5.41, 5.74) is 0. The van der Waals surface area contributed by atoms with Crippen molar-refractivity contribution in [1.82, 2.24) is 5.32 Å². The number of nitrogens with one attached hydrogen (secondary N) is 1. The maximum absolute atomic E-state index is 12.4. The highest BCUT2D eigenvalue weighted by molar-refractivity contribution is 5.76. The summed E-state index contributed by atoms with van der Waals surface area (Å²) in [6.45, 7) is 4.32. The van der Waals surface area contributed by atoms with Crippen LogP contribution in [0.3, 0.4) is 0 Å². The second-order valence-electron chi connectivity index (χ2n) is 19.4. The maximum Gasteiger partial charge on any atom is 0.220 e. The van der Waals surface area contributed by atoms with Gasteiger partial charge in [0.1, 0.15) is 0 Å². The van der Waals surface area contributed by atoms with Gasteiger partial charge in [-0.2, -0.15) is 0 Å². The Morgan fingerprint density at radius 2 is 0.661 bits per heavy atom. The highest BCUT2D eigenvalue weighted by Crippen LogP contribution is 2.17. The van der Waals surface area contributed by atoms with Crippen molar-refractivity contribution in [2.75, 3.05) is 6.61 Å². The first-order valence-corrected chi connectivity index (χ1v) is 28.2. The fraction of sp³-hybridized carbons (Fsp3) is 0.879. The molecule has 0 saturated heterocycles. The Morgan fingerprint density at radius 3 is 0.968 bits per heavy atom. The van der Waals surface area contributed by atoms with Crippen LogP contribution in [-0.2, 0) is 4.79 Å². The molecule has 0 aliphatic carbocycles. The van der Waals surface area contributed by atoms with Crippen molar-refractivity contribution < 1.29 is 15.0 Å². The van der Waals surface area contributed by atoms with Gasteiger partial charge in [-0.25, -0.2) is 0 Å². The number of aliphatic hydroxyl groups is 2. The van der Waals surface area contributed by atoms with Crippen LogP contribution in [0.4, 0.5) is 0 Å². The van der Waals surface area contributed by atoms with Crippen LogP contribution in [0.2, 0.25) is 0 Å². The third kappa shape index (κ3) is 49.6. The van der Waals surface area contributed by atoms with E-state index in [2.05, 4.69) is 43.5 Å². The van der Waals surface area contributed by atoms with E-state index in [-0.39, 0.29) is 12.5 Å². The average Bonchev–Trinajstić information content (AvgIpc) is 3.28. The first-order valence-electron chi connectivity index (χ1n) is 28.2. The largest absolute Gasteiger partial charge is 0.394 e. The lowest BCUT2D eigenvalue weighted by molar-refractivity contribution is -0.123. The zero-order valence-electron chi connectivity index (χ0n) is 42.2. The van der Waals surface area contributed by atoms with Crippen LogP contribution in [0, 0.1) is 0 Å². The second kappa shape index (κ2) is 53.9. The molecule has 0 saturated carbocycles. The summed E-state index contributed by atoms with van der Waals surface area (Å²) in [6, 6.07) is -0.619. The Balaban J connectivity index is 3.41. The van der Waals surface area contributed by atoms with Crippen molar-refractivity contribution in [3.05, 3.63) is 36.5 Å². The Bertz CT molecular complexity index is 943. The molecule has 0 aliphatic heterocycles. The lowest BCUT2D eigenvalue weighted by Crippen LogP contribution is -2.45. The van der Waals surface area contributed by atoms with Crippen LogP contribution < -0.4 is 5.32 Å². The van der Waals surface area contributed by atoms with Gasteiger partial charge in [0.2, 0.25) is 5.91 Å². The van der Waals surface area contributed by atoms with Gasteiger partial charge >= 0.3 is 0 Å². The minimum Gasteiger partial charge on any atom is -0.394 e.